The SMILES string of the molecule is Fc1cc(Br)cc(OCCn2ccnc2)c1F. The van der Waals surface area contributed by atoms with E-state index in [0.29, 0.717) is 11.0 Å². The highest BCUT2D eigenvalue weighted by molar-refractivity contribution is 9.10. The number of hydrogen-bond acceptors (Lipinski definition) is 2. The lowest BCUT2D eigenvalue weighted by atomic mass is 10.3. The van der Waals surface area contributed by atoms with Crippen LogP contribution in [-0.4, -0.2) is 16.2 Å². The van der Waals surface area contributed by atoms with Crippen LogP contribution in [0.15, 0.2) is 35.3 Å². The smallest absolute Gasteiger partial charge is 0.200 e. The topological polar surface area (TPSA) is 27.1 Å². The molecule has 17 heavy (non-hydrogen) atoms. The first-order valence-electron chi connectivity index (χ1n) is 4.90. The summed E-state index contributed by atoms with van der Waals surface area (Å²) >= 11 is 3.08. The number of imidazole rings is 1. The predicted octanol–water partition coefficient (Wildman–Crippen LogP) is 3.00. The first-order chi connectivity index (χ1) is 8.16. The first kappa shape index (κ1) is 12.0. The van der Waals surface area contributed by atoms with Crippen LogP contribution in [0, 0.1) is 11.6 Å². The van der Waals surface area contributed by atoms with Crippen LogP contribution in [0.3, 0.4) is 0 Å². The van der Waals surface area contributed by atoms with E-state index in [1.165, 1.54) is 6.07 Å². The van der Waals surface area contributed by atoms with E-state index in [0.717, 1.165) is 6.07 Å². The number of benzene rings is 1. The van der Waals surface area contributed by atoms with Crippen molar-refractivity contribution >= 4 is 15.9 Å². The van der Waals surface area contributed by atoms with Crippen LogP contribution in [-0.2, 0) is 6.54 Å². The molecular formula is C11H9BrF2N2O. The van der Waals surface area contributed by atoms with Gasteiger partial charge in [0.25, 0.3) is 0 Å². The molecule has 0 unspecified atom stereocenters. The molecule has 6 heteroatoms. The standard InChI is InChI=1S/C11H9BrF2N2O/c12-8-5-9(13)11(14)10(6-8)17-4-3-16-2-1-15-7-16/h1-2,5-7H,3-4H2. The maximum Gasteiger partial charge on any atom is 0.200 e. The Kier molecular flexibility index (Phi) is 3.73. The van der Waals surface area contributed by atoms with E-state index < -0.39 is 11.6 Å². The average molecular weight is 303 g/mol. The third-order valence-corrected chi connectivity index (χ3v) is 2.58. The lowest BCUT2D eigenvalue weighted by Gasteiger charge is -2.08. The minimum absolute atomic E-state index is 0.100. The van der Waals surface area contributed by atoms with E-state index in [2.05, 4.69) is 20.9 Å². The number of aromatic nitrogens is 2. The fourth-order valence-corrected chi connectivity index (χ4v) is 1.73. The minimum Gasteiger partial charge on any atom is -0.488 e. The highest BCUT2D eigenvalue weighted by atomic mass is 79.9. The third-order valence-electron chi connectivity index (χ3n) is 2.13. The lowest BCUT2D eigenvalue weighted by molar-refractivity contribution is 0.279. The van der Waals surface area contributed by atoms with Gasteiger partial charge in [-0.3, -0.25) is 0 Å². The number of hydrogen-bond donors (Lipinski definition) is 0. The van der Waals surface area contributed by atoms with Crippen LogP contribution in [0.2, 0.25) is 0 Å². The van der Waals surface area contributed by atoms with Crippen molar-refractivity contribution in [2.45, 2.75) is 6.54 Å². The molecular weight excluding hydrogens is 294 g/mol. The molecule has 0 saturated carbocycles. The second-order valence-corrected chi connectivity index (χ2v) is 4.26. The van der Waals surface area contributed by atoms with Crippen molar-refractivity contribution in [2.75, 3.05) is 6.61 Å². The third kappa shape index (κ3) is 3.03. The van der Waals surface area contributed by atoms with Gasteiger partial charge in [0, 0.05) is 16.9 Å². The molecule has 90 valence electrons. The molecule has 1 aromatic heterocycles. The Labute approximate surface area is 105 Å². The Balaban J connectivity index is 1.99. The molecule has 0 saturated heterocycles. The number of halogens is 3. The van der Waals surface area contributed by atoms with E-state index in [1.54, 1.807) is 23.3 Å². The molecule has 0 spiro atoms. The van der Waals surface area contributed by atoms with Gasteiger partial charge in [0.1, 0.15) is 6.61 Å². The molecule has 0 amide bonds. The van der Waals surface area contributed by atoms with Gasteiger partial charge in [0.15, 0.2) is 11.6 Å². The minimum atomic E-state index is -0.973. The van der Waals surface area contributed by atoms with E-state index >= 15 is 0 Å². The van der Waals surface area contributed by atoms with E-state index in [1.807, 2.05) is 0 Å². The summed E-state index contributed by atoms with van der Waals surface area (Å²) in [5.41, 5.74) is 0. The van der Waals surface area contributed by atoms with Gasteiger partial charge in [-0.1, -0.05) is 15.9 Å². The van der Waals surface area contributed by atoms with Gasteiger partial charge in [0.05, 0.1) is 12.9 Å². The predicted molar refractivity (Wildman–Crippen MR) is 61.8 cm³/mol. The molecule has 0 aliphatic heterocycles. The molecule has 0 aliphatic carbocycles. The zero-order chi connectivity index (χ0) is 12.3. The van der Waals surface area contributed by atoms with E-state index in [-0.39, 0.29) is 12.4 Å². The Bertz CT molecular complexity index is 502. The van der Waals surface area contributed by atoms with Gasteiger partial charge >= 0.3 is 0 Å². The zero-order valence-corrected chi connectivity index (χ0v) is 10.3. The number of ether oxygens (including phenoxy) is 1. The van der Waals surface area contributed by atoms with Crippen molar-refractivity contribution in [2.24, 2.45) is 0 Å². The van der Waals surface area contributed by atoms with E-state index in [9.17, 15) is 8.78 Å². The summed E-state index contributed by atoms with van der Waals surface area (Å²) in [7, 11) is 0. The Morgan fingerprint density at radius 3 is 2.88 bits per heavy atom. The molecule has 1 heterocycles. The van der Waals surface area contributed by atoms with Gasteiger partial charge in [-0.2, -0.15) is 4.39 Å². The summed E-state index contributed by atoms with van der Waals surface area (Å²) in [5.74, 6) is -2.01. The summed E-state index contributed by atoms with van der Waals surface area (Å²) in [6, 6.07) is 2.45. The lowest BCUT2D eigenvalue weighted by Crippen LogP contribution is -2.07. The molecule has 0 fully saturated rings. The molecule has 2 rings (SSSR count). The fourth-order valence-electron chi connectivity index (χ4n) is 1.32. The molecule has 0 N–H and O–H groups in total. The van der Waals surface area contributed by atoms with Crippen LogP contribution < -0.4 is 4.74 Å². The molecule has 1 aromatic carbocycles. The monoisotopic (exact) mass is 302 g/mol. The molecule has 0 radical (unpaired) electrons. The van der Waals surface area contributed by atoms with Gasteiger partial charge in [-0.25, -0.2) is 9.37 Å². The molecule has 0 aliphatic rings. The van der Waals surface area contributed by atoms with Crippen LogP contribution in [0.1, 0.15) is 0 Å². The van der Waals surface area contributed by atoms with Gasteiger partial charge in [-0.05, 0) is 12.1 Å². The summed E-state index contributed by atoms with van der Waals surface area (Å²) in [6.07, 6.45) is 5.03. The summed E-state index contributed by atoms with van der Waals surface area (Å²) in [5, 5.41) is 0. The van der Waals surface area contributed by atoms with Gasteiger partial charge in [-0.15, -0.1) is 0 Å². The van der Waals surface area contributed by atoms with Crippen molar-refractivity contribution < 1.29 is 13.5 Å². The second-order valence-electron chi connectivity index (χ2n) is 3.35. The normalized spacial score (nSPS) is 10.5. The van der Waals surface area contributed by atoms with Crippen molar-refractivity contribution in [1.82, 2.24) is 9.55 Å². The maximum atomic E-state index is 13.3. The molecule has 0 atom stereocenters. The van der Waals surface area contributed by atoms with Crippen LogP contribution in [0.4, 0.5) is 8.78 Å². The summed E-state index contributed by atoms with van der Waals surface area (Å²) in [6.45, 7) is 0.761. The van der Waals surface area contributed by atoms with E-state index in [4.69, 9.17) is 4.74 Å². The second kappa shape index (κ2) is 5.27. The Morgan fingerprint density at radius 1 is 1.35 bits per heavy atom. The fraction of sp³-hybridized carbons (Fsp3) is 0.182. The van der Waals surface area contributed by atoms with Crippen molar-refractivity contribution in [3.63, 3.8) is 0 Å². The number of nitrogens with zero attached hydrogens (tertiary/aromatic N) is 2. The number of rotatable bonds is 4. The van der Waals surface area contributed by atoms with Crippen LogP contribution in [0.5, 0.6) is 5.75 Å². The van der Waals surface area contributed by atoms with Crippen molar-refractivity contribution in [3.8, 4) is 5.75 Å². The van der Waals surface area contributed by atoms with Gasteiger partial charge < -0.3 is 9.30 Å². The zero-order valence-electron chi connectivity index (χ0n) is 8.74. The quantitative estimate of drug-likeness (QED) is 0.812. The van der Waals surface area contributed by atoms with Crippen molar-refractivity contribution in [1.29, 1.82) is 0 Å². The average Bonchev–Trinajstić information content (AvgIpc) is 2.78. The van der Waals surface area contributed by atoms with Crippen LogP contribution >= 0.6 is 15.9 Å². The Morgan fingerprint density at radius 2 is 2.18 bits per heavy atom. The Hall–Kier alpha value is -1.43. The molecule has 2 aromatic rings. The maximum absolute atomic E-state index is 13.3. The summed E-state index contributed by atoms with van der Waals surface area (Å²) in [4.78, 5) is 3.86. The largest absolute Gasteiger partial charge is 0.488 e. The molecule has 0 bridgehead atoms. The van der Waals surface area contributed by atoms with Crippen molar-refractivity contribution in [3.05, 3.63) is 47.0 Å². The molecule has 3 nitrogen and oxygen atoms in total. The van der Waals surface area contributed by atoms with Crippen LogP contribution in [0.25, 0.3) is 0 Å². The first-order valence-corrected chi connectivity index (χ1v) is 5.69. The summed E-state index contributed by atoms with van der Waals surface area (Å²) < 4.78 is 33.7. The highest BCUT2D eigenvalue weighted by Crippen LogP contribution is 2.25. The highest BCUT2D eigenvalue weighted by Gasteiger charge is 2.10. The van der Waals surface area contributed by atoms with Gasteiger partial charge in [0.2, 0.25) is 5.82 Å².